The second-order valence-corrected chi connectivity index (χ2v) is 9.76. The molecule has 0 radical (unpaired) electrons. The van der Waals surface area contributed by atoms with Crippen molar-refractivity contribution in [1.82, 2.24) is 20.3 Å². The zero-order chi connectivity index (χ0) is 24.6. The Bertz CT molecular complexity index is 1060. The molecule has 2 aromatic heterocycles. The molecule has 182 valence electrons. The van der Waals surface area contributed by atoms with Crippen molar-refractivity contribution in [3.63, 3.8) is 0 Å². The van der Waals surface area contributed by atoms with Crippen LogP contribution in [0.5, 0.6) is 11.6 Å². The molecule has 0 unspecified atom stereocenters. The summed E-state index contributed by atoms with van der Waals surface area (Å²) in [6.07, 6.45) is 4.38. The quantitative estimate of drug-likeness (QED) is 0.533. The van der Waals surface area contributed by atoms with Crippen molar-refractivity contribution in [2.45, 2.75) is 44.7 Å². The lowest BCUT2D eigenvalue weighted by Gasteiger charge is -2.24. The number of hydrogen-bond donors (Lipinski definition) is 3. The number of piperidine rings is 1. The largest absolute Gasteiger partial charge is 0.489 e. The number of aryl methyl sites for hydroxylation is 1. The van der Waals surface area contributed by atoms with Gasteiger partial charge in [0.1, 0.15) is 12.4 Å². The molecule has 11 nitrogen and oxygen atoms in total. The van der Waals surface area contributed by atoms with E-state index in [4.69, 9.17) is 14.6 Å². The third-order valence-electron chi connectivity index (χ3n) is 4.73. The summed E-state index contributed by atoms with van der Waals surface area (Å²) in [4.78, 5) is 22.3. The van der Waals surface area contributed by atoms with Gasteiger partial charge in [0.05, 0.1) is 24.4 Å². The van der Waals surface area contributed by atoms with Gasteiger partial charge in [-0.05, 0) is 45.0 Å². The molecular weight excluding hydrogens is 450 g/mol. The number of ether oxygens (including phenoxy) is 2. The van der Waals surface area contributed by atoms with E-state index in [-0.39, 0.29) is 17.0 Å². The molecule has 12 heteroatoms. The zero-order valence-electron chi connectivity index (χ0n) is 19.5. The van der Waals surface area contributed by atoms with E-state index in [2.05, 4.69) is 25.6 Å². The van der Waals surface area contributed by atoms with Gasteiger partial charge in [-0.15, -0.1) is 0 Å². The monoisotopic (exact) mass is 481 g/mol. The van der Waals surface area contributed by atoms with Crippen molar-refractivity contribution in [1.29, 1.82) is 0 Å². The van der Waals surface area contributed by atoms with Gasteiger partial charge in [-0.25, -0.2) is 18.4 Å². The fourth-order valence-corrected chi connectivity index (χ4v) is 3.41. The van der Waals surface area contributed by atoms with Crippen LogP contribution < -0.4 is 20.1 Å². The SMILES string of the molecule is CC(C)C(=O)O.COc1c(Nc2ccc(S(C)(=O)=O)nc2C)ncnc1OC1CCNCC1. The molecule has 0 amide bonds. The molecule has 3 heterocycles. The number of sulfone groups is 1. The van der Waals surface area contributed by atoms with Crippen LogP contribution >= 0.6 is 0 Å². The molecule has 0 saturated carbocycles. The predicted molar refractivity (Wildman–Crippen MR) is 123 cm³/mol. The average Bonchev–Trinajstić information content (AvgIpc) is 2.76. The Kier molecular flexibility index (Phi) is 9.35. The summed E-state index contributed by atoms with van der Waals surface area (Å²) in [7, 11) is -1.84. The summed E-state index contributed by atoms with van der Waals surface area (Å²) in [5.41, 5.74) is 1.15. The number of nitrogens with zero attached hydrogens (tertiary/aromatic N) is 3. The van der Waals surface area contributed by atoms with Crippen molar-refractivity contribution >= 4 is 27.3 Å². The fraction of sp³-hybridized carbons (Fsp3) is 0.524. The first-order valence-corrected chi connectivity index (χ1v) is 12.4. The number of rotatable bonds is 7. The number of carboxylic acid groups (broad SMARTS) is 1. The van der Waals surface area contributed by atoms with E-state index in [1.54, 1.807) is 26.8 Å². The summed E-state index contributed by atoms with van der Waals surface area (Å²) >= 11 is 0. The lowest BCUT2D eigenvalue weighted by atomic mass is 10.1. The van der Waals surface area contributed by atoms with Crippen molar-refractivity contribution < 1.29 is 27.8 Å². The molecule has 1 fully saturated rings. The highest BCUT2D eigenvalue weighted by molar-refractivity contribution is 7.90. The van der Waals surface area contributed by atoms with Gasteiger partial charge < -0.3 is 25.2 Å². The lowest BCUT2D eigenvalue weighted by Crippen LogP contribution is -2.34. The number of anilines is 2. The van der Waals surface area contributed by atoms with E-state index >= 15 is 0 Å². The van der Waals surface area contributed by atoms with Gasteiger partial charge in [-0.1, -0.05) is 13.8 Å². The summed E-state index contributed by atoms with van der Waals surface area (Å²) in [6.45, 7) is 6.81. The molecule has 1 saturated heterocycles. The Labute approximate surface area is 193 Å². The first-order chi connectivity index (χ1) is 15.5. The third kappa shape index (κ3) is 7.82. The number of methoxy groups -OCH3 is 1. The fourth-order valence-electron chi connectivity index (χ4n) is 2.79. The smallest absolute Gasteiger partial charge is 0.305 e. The van der Waals surface area contributed by atoms with Gasteiger partial charge in [0, 0.05) is 6.26 Å². The standard InChI is InChI=1S/C17H23N5O4S.C4H8O2/c1-11-13(4-5-14(21-11)27(3,23)24)22-16-15(25-2)17(20-10-19-16)26-12-6-8-18-9-7-12;1-3(2)4(5)6/h4-5,10,12,18H,6-9H2,1-3H3,(H,19,20,22);3H,1-2H3,(H,5,6). The molecule has 0 spiro atoms. The number of carbonyl (C=O) groups is 1. The zero-order valence-corrected chi connectivity index (χ0v) is 20.3. The Hall–Kier alpha value is -2.99. The Morgan fingerprint density at radius 3 is 2.39 bits per heavy atom. The minimum Gasteiger partial charge on any atom is -0.489 e. The normalized spacial score (nSPS) is 14.2. The van der Waals surface area contributed by atoms with Gasteiger partial charge in [-0.2, -0.15) is 4.98 Å². The van der Waals surface area contributed by atoms with Gasteiger partial charge >= 0.3 is 5.97 Å². The molecule has 33 heavy (non-hydrogen) atoms. The van der Waals surface area contributed by atoms with E-state index in [1.165, 1.54) is 19.5 Å². The molecule has 0 aliphatic carbocycles. The number of hydrogen-bond acceptors (Lipinski definition) is 10. The van der Waals surface area contributed by atoms with Crippen LogP contribution in [0.2, 0.25) is 0 Å². The van der Waals surface area contributed by atoms with Crippen molar-refractivity contribution in [2.24, 2.45) is 5.92 Å². The van der Waals surface area contributed by atoms with Gasteiger partial charge in [0.15, 0.2) is 20.7 Å². The van der Waals surface area contributed by atoms with Crippen LogP contribution in [0.15, 0.2) is 23.5 Å². The Balaban J connectivity index is 0.000000569. The predicted octanol–water partition coefficient (Wildman–Crippen LogP) is 2.19. The number of pyridine rings is 1. The van der Waals surface area contributed by atoms with Crippen LogP contribution in [0.3, 0.4) is 0 Å². The van der Waals surface area contributed by atoms with Crippen LogP contribution in [-0.2, 0) is 14.6 Å². The van der Waals surface area contributed by atoms with Crippen molar-refractivity contribution in [3.8, 4) is 11.6 Å². The Morgan fingerprint density at radius 2 is 1.88 bits per heavy atom. The summed E-state index contributed by atoms with van der Waals surface area (Å²) < 4.78 is 34.8. The van der Waals surface area contributed by atoms with E-state index in [1.807, 2.05) is 0 Å². The van der Waals surface area contributed by atoms with Crippen molar-refractivity contribution in [2.75, 3.05) is 31.8 Å². The van der Waals surface area contributed by atoms with Gasteiger partial charge in [-0.3, -0.25) is 4.79 Å². The maximum atomic E-state index is 11.6. The number of nitrogens with one attached hydrogen (secondary N) is 2. The summed E-state index contributed by atoms with van der Waals surface area (Å²) in [5.74, 6) is 0.219. The molecule has 0 bridgehead atoms. The first-order valence-electron chi connectivity index (χ1n) is 10.5. The van der Waals surface area contributed by atoms with E-state index < -0.39 is 15.8 Å². The maximum absolute atomic E-state index is 11.6. The van der Waals surface area contributed by atoms with Crippen LogP contribution in [0, 0.1) is 12.8 Å². The molecule has 3 rings (SSSR count). The van der Waals surface area contributed by atoms with E-state index in [9.17, 15) is 13.2 Å². The molecule has 1 aliphatic rings. The van der Waals surface area contributed by atoms with Crippen molar-refractivity contribution in [3.05, 3.63) is 24.2 Å². The molecular formula is C21H31N5O6S. The summed E-state index contributed by atoms with van der Waals surface area (Å²) in [6, 6.07) is 3.10. The number of carboxylic acids is 1. The Morgan fingerprint density at radius 1 is 1.24 bits per heavy atom. The van der Waals surface area contributed by atoms with Crippen LogP contribution in [0.25, 0.3) is 0 Å². The second-order valence-electron chi connectivity index (χ2n) is 7.80. The van der Waals surface area contributed by atoms with Crippen LogP contribution in [0.1, 0.15) is 32.4 Å². The van der Waals surface area contributed by atoms with Crippen LogP contribution in [0.4, 0.5) is 11.5 Å². The summed E-state index contributed by atoms with van der Waals surface area (Å²) in [5, 5.41) is 14.4. The number of aromatic nitrogens is 3. The lowest BCUT2D eigenvalue weighted by molar-refractivity contribution is -0.140. The molecule has 0 atom stereocenters. The van der Waals surface area contributed by atoms with Gasteiger partial charge in [0.2, 0.25) is 5.75 Å². The second kappa shape index (κ2) is 11.8. The molecule has 1 aliphatic heterocycles. The molecule has 2 aromatic rings. The molecule has 0 aromatic carbocycles. The highest BCUT2D eigenvalue weighted by atomic mass is 32.2. The average molecular weight is 482 g/mol. The minimum atomic E-state index is -3.37. The van der Waals surface area contributed by atoms with Crippen LogP contribution in [-0.4, -0.2) is 67.0 Å². The van der Waals surface area contributed by atoms with Gasteiger partial charge in [0.25, 0.3) is 5.88 Å². The highest BCUT2D eigenvalue weighted by Crippen LogP contribution is 2.34. The highest BCUT2D eigenvalue weighted by Gasteiger charge is 2.21. The van der Waals surface area contributed by atoms with E-state index in [0.717, 1.165) is 32.2 Å². The minimum absolute atomic E-state index is 0.0233. The topological polar surface area (TPSA) is 153 Å². The van der Waals surface area contributed by atoms with E-state index in [0.29, 0.717) is 28.8 Å². The maximum Gasteiger partial charge on any atom is 0.305 e. The third-order valence-corrected chi connectivity index (χ3v) is 5.71. The number of aliphatic carboxylic acids is 1. The first kappa shape index (κ1) is 26.3. The molecule has 3 N–H and O–H groups in total.